The van der Waals surface area contributed by atoms with Gasteiger partial charge < -0.3 is 14.5 Å². The van der Waals surface area contributed by atoms with Crippen LogP contribution >= 0.6 is 0 Å². The number of rotatable bonds is 7. The van der Waals surface area contributed by atoms with E-state index in [4.69, 9.17) is 9.47 Å². The van der Waals surface area contributed by atoms with Gasteiger partial charge in [0.05, 0.1) is 24.8 Å². The van der Waals surface area contributed by atoms with Crippen LogP contribution in [-0.2, 0) is 0 Å². The molecule has 32 heavy (non-hydrogen) atoms. The Bertz CT molecular complexity index is 1330. The summed E-state index contributed by atoms with van der Waals surface area (Å²) in [5.41, 5.74) is 2.97. The zero-order chi connectivity index (χ0) is 22.5. The number of aromatic nitrogens is 1. The van der Waals surface area contributed by atoms with Crippen molar-refractivity contribution in [3.8, 4) is 11.5 Å². The third-order valence-corrected chi connectivity index (χ3v) is 4.65. The minimum atomic E-state index is -0.474. The van der Waals surface area contributed by atoms with Crippen LogP contribution in [0.15, 0.2) is 87.3 Å². The molecule has 0 aliphatic heterocycles. The lowest BCUT2D eigenvalue weighted by Crippen LogP contribution is -1.88. The minimum absolute atomic E-state index is 0.0203. The number of benzene rings is 3. The summed E-state index contributed by atoms with van der Waals surface area (Å²) in [6.45, 7) is 0. The number of non-ortho nitro benzene ring substituents is 1. The Morgan fingerprint density at radius 1 is 0.812 bits per heavy atom. The molecule has 10 nitrogen and oxygen atoms in total. The molecular formula is C22H18N6O4. The number of hydrogen-bond donors (Lipinski definition) is 1. The minimum Gasteiger partial charge on any atom is -0.494 e. The smallest absolute Gasteiger partial charge is 0.269 e. The first-order chi connectivity index (χ1) is 15.6. The zero-order valence-corrected chi connectivity index (χ0v) is 17.2. The molecule has 1 heterocycles. The largest absolute Gasteiger partial charge is 0.494 e. The number of fused-ring (bicyclic) bond motifs is 1. The third-order valence-electron chi connectivity index (χ3n) is 4.65. The van der Waals surface area contributed by atoms with Gasteiger partial charge in [0.2, 0.25) is 0 Å². The molecule has 160 valence electrons. The first kappa shape index (κ1) is 20.7. The number of azo groups is 2. The standard InChI is InChI=1S/C22H18N6O4/c1-31-21-12-19(26-27-20-13-23-17-6-4-3-5-16(17)20)22(32-2)11-18(21)25-24-14-7-9-15(10-8-14)28(29)30/h3-13,23H,1-2H3. The van der Waals surface area contributed by atoms with Crippen LogP contribution in [0.25, 0.3) is 10.9 Å². The number of hydrogen-bond acceptors (Lipinski definition) is 8. The predicted molar refractivity (Wildman–Crippen MR) is 119 cm³/mol. The van der Waals surface area contributed by atoms with Crippen LogP contribution in [-0.4, -0.2) is 24.1 Å². The van der Waals surface area contributed by atoms with E-state index in [0.29, 0.717) is 34.2 Å². The topological polar surface area (TPSA) is 127 Å². The Hall–Kier alpha value is -4.60. The fourth-order valence-electron chi connectivity index (χ4n) is 3.02. The van der Waals surface area contributed by atoms with Crippen molar-refractivity contribution in [1.82, 2.24) is 4.98 Å². The van der Waals surface area contributed by atoms with E-state index >= 15 is 0 Å². The molecule has 0 unspecified atom stereocenters. The van der Waals surface area contributed by atoms with Crippen LogP contribution < -0.4 is 9.47 Å². The molecule has 10 heteroatoms. The van der Waals surface area contributed by atoms with E-state index in [-0.39, 0.29) is 5.69 Å². The predicted octanol–water partition coefficient (Wildman–Crippen LogP) is 6.92. The number of nitro groups is 1. The van der Waals surface area contributed by atoms with E-state index in [2.05, 4.69) is 25.4 Å². The summed E-state index contributed by atoms with van der Waals surface area (Å²) in [7, 11) is 3.02. The van der Waals surface area contributed by atoms with Gasteiger partial charge in [0, 0.05) is 41.4 Å². The molecular weight excluding hydrogens is 412 g/mol. The Morgan fingerprint density at radius 2 is 1.41 bits per heavy atom. The SMILES string of the molecule is COc1cc(N=Nc2c[nH]c3ccccc23)c(OC)cc1N=Nc1ccc([N+](=O)[O-])cc1. The highest BCUT2D eigenvalue weighted by atomic mass is 16.6. The second-order valence-corrected chi connectivity index (χ2v) is 6.59. The van der Waals surface area contributed by atoms with Crippen molar-refractivity contribution in [1.29, 1.82) is 0 Å². The van der Waals surface area contributed by atoms with Gasteiger partial charge in [0.1, 0.15) is 28.6 Å². The van der Waals surface area contributed by atoms with Crippen molar-refractivity contribution in [2.24, 2.45) is 20.5 Å². The lowest BCUT2D eigenvalue weighted by Gasteiger charge is -2.09. The number of nitrogens with zero attached hydrogens (tertiary/aromatic N) is 5. The highest BCUT2D eigenvalue weighted by molar-refractivity contribution is 5.90. The molecule has 4 aromatic rings. The fourth-order valence-corrected chi connectivity index (χ4v) is 3.02. The quantitative estimate of drug-likeness (QED) is 0.194. The molecule has 0 aliphatic rings. The van der Waals surface area contributed by atoms with Gasteiger partial charge in [-0.15, -0.1) is 15.3 Å². The number of para-hydroxylation sites is 1. The number of nitrogens with one attached hydrogen (secondary N) is 1. The third kappa shape index (κ3) is 4.29. The van der Waals surface area contributed by atoms with Crippen LogP contribution in [0.1, 0.15) is 0 Å². The number of H-pyrrole nitrogens is 1. The molecule has 0 atom stereocenters. The number of ether oxygens (including phenoxy) is 2. The van der Waals surface area contributed by atoms with Crippen molar-refractivity contribution in [2.45, 2.75) is 0 Å². The maximum Gasteiger partial charge on any atom is 0.269 e. The molecule has 0 saturated carbocycles. The Kier molecular flexibility index (Phi) is 5.84. The number of aromatic amines is 1. The number of methoxy groups -OCH3 is 2. The second kappa shape index (κ2) is 9.04. The lowest BCUT2D eigenvalue weighted by atomic mass is 10.2. The molecule has 0 amide bonds. The molecule has 4 rings (SSSR count). The van der Waals surface area contributed by atoms with Crippen molar-refractivity contribution < 1.29 is 14.4 Å². The summed E-state index contributed by atoms with van der Waals surface area (Å²) in [6.07, 6.45) is 1.78. The van der Waals surface area contributed by atoms with Gasteiger partial charge in [-0.3, -0.25) is 10.1 Å². The summed E-state index contributed by atoms with van der Waals surface area (Å²) < 4.78 is 10.9. The molecule has 1 aromatic heterocycles. The fraction of sp³-hybridized carbons (Fsp3) is 0.0909. The summed E-state index contributed by atoms with van der Waals surface area (Å²) in [5.74, 6) is 0.858. The molecule has 3 aromatic carbocycles. The van der Waals surface area contributed by atoms with Gasteiger partial charge in [-0.1, -0.05) is 18.2 Å². The van der Waals surface area contributed by atoms with Crippen LogP contribution in [0.5, 0.6) is 11.5 Å². The molecule has 0 fully saturated rings. The summed E-state index contributed by atoms with van der Waals surface area (Å²) in [6, 6.07) is 16.8. The van der Waals surface area contributed by atoms with Crippen molar-refractivity contribution in [3.63, 3.8) is 0 Å². The van der Waals surface area contributed by atoms with Gasteiger partial charge in [-0.25, -0.2) is 0 Å². The average Bonchev–Trinajstić information content (AvgIpc) is 3.24. The highest BCUT2D eigenvalue weighted by Crippen LogP contribution is 2.41. The van der Waals surface area contributed by atoms with Gasteiger partial charge in [0.25, 0.3) is 5.69 Å². The molecule has 1 N–H and O–H groups in total. The van der Waals surface area contributed by atoms with Crippen LogP contribution in [0.2, 0.25) is 0 Å². The second-order valence-electron chi connectivity index (χ2n) is 6.59. The van der Waals surface area contributed by atoms with E-state index < -0.39 is 4.92 Å². The van der Waals surface area contributed by atoms with Gasteiger partial charge in [-0.2, -0.15) is 5.11 Å². The van der Waals surface area contributed by atoms with Gasteiger partial charge in [-0.05, 0) is 18.2 Å². The summed E-state index contributed by atoms with van der Waals surface area (Å²) in [5, 5.41) is 28.7. The lowest BCUT2D eigenvalue weighted by molar-refractivity contribution is -0.384. The van der Waals surface area contributed by atoms with E-state index in [9.17, 15) is 10.1 Å². The molecule has 0 spiro atoms. The Labute approximate surface area is 182 Å². The van der Waals surface area contributed by atoms with E-state index in [1.165, 1.54) is 38.5 Å². The molecule has 0 radical (unpaired) electrons. The van der Waals surface area contributed by atoms with Crippen LogP contribution in [0, 0.1) is 10.1 Å². The highest BCUT2D eigenvalue weighted by Gasteiger charge is 2.12. The molecule has 0 bridgehead atoms. The summed E-state index contributed by atoms with van der Waals surface area (Å²) in [4.78, 5) is 13.5. The number of nitro benzene ring substituents is 1. The normalized spacial score (nSPS) is 11.4. The van der Waals surface area contributed by atoms with E-state index in [1.54, 1.807) is 18.3 Å². The van der Waals surface area contributed by atoms with Crippen molar-refractivity contribution in [3.05, 3.63) is 77.0 Å². The first-order valence-electron chi connectivity index (χ1n) is 9.49. The Balaban J connectivity index is 1.63. The van der Waals surface area contributed by atoms with Crippen LogP contribution in [0.4, 0.5) is 28.4 Å². The monoisotopic (exact) mass is 430 g/mol. The molecule has 0 saturated heterocycles. The van der Waals surface area contributed by atoms with Crippen molar-refractivity contribution >= 4 is 39.3 Å². The van der Waals surface area contributed by atoms with E-state index in [0.717, 1.165) is 10.9 Å². The maximum absolute atomic E-state index is 10.8. The van der Waals surface area contributed by atoms with E-state index in [1.807, 2.05) is 24.3 Å². The first-order valence-corrected chi connectivity index (χ1v) is 9.49. The average molecular weight is 430 g/mol. The maximum atomic E-state index is 10.8. The Morgan fingerprint density at radius 3 is 2.03 bits per heavy atom. The zero-order valence-electron chi connectivity index (χ0n) is 17.2. The van der Waals surface area contributed by atoms with Gasteiger partial charge >= 0.3 is 0 Å². The summed E-state index contributed by atoms with van der Waals surface area (Å²) >= 11 is 0. The van der Waals surface area contributed by atoms with Crippen LogP contribution in [0.3, 0.4) is 0 Å². The molecule has 0 aliphatic carbocycles. The van der Waals surface area contributed by atoms with Gasteiger partial charge in [0.15, 0.2) is 0 Å². The van der Waals surface area contributed by atoms with Crippen molar-refractivity contribution in [2.75, 3.05) is 14.2 Å².